The van der Waals surface area contributed by atoms with Gasteiger partial charge in [0, 0.05) is 24.6 Å². The summed E-state index contributed by atoms with van der Waals surface area (Å²) in [6.45, 7) is 9.70. The Morgan fingerprint density at radius 3 is 2.80 bits per heavy atom. The molecule has 2 aliphatic heterocycles. The molecule has 1 aromatic carbocycles. The molecule has 2 aliphatic rings. The second-order valence-electron chi connectivity index (χ2n) is 9.07. The molecule has 2 heterocycles. The highest BCUT2D eigenvalue weighted by atomic mass is 16.7. The SMILES string of the molecule is COc1c2c(cc3c1[C@@H](CC(/C=C/C(C)(C)CC=C(C)C)=N\O)N(C)CC3)OCO2. The average molecular weight is 415 g/mol. The number of oxime groups is 1. The van der Waals surface area contributed by atoms with E-state index >= 15 is 0 Å². The zero-order valence-corrected chi connectivity index (χ0v) is 19.0. The topological polar surface area (TPSA) is 63.5 Å². The number of ether oxygens (including phenoxy) is 3. The van der Waals surface area contributed by atoms with Crippen molar-refractivity contribution in [3.05, 3.63) is 41.0 Å². The maximum absolute atomic E-state index is 9.72. The first-order valence-electron chi connectivity index (χ1n) is 10.5. The van der Waals surface area contributed by atoms with Crippen LogP contribution in [0.15, 0.2) is 35.0 Å². The van der Waals surface area contributed by atoms with Gasteiger partial charge in [-0.15, -0.1) is 0 Å². The molecular weight excluding hydrogens is 380 g/mol. The van der Waals surface area contributed by atoms with Crippen LogP contribution < -0.4 is 14.2 Å². The van der Waals surface area contributed by atoms with Gasteiger partial charge in [0.25, 0.3) is 0 Å². The van der Waals surface area contributed by atoms with E-state index < -0.39 is 0 Å². The zero-order valence-electron chi connectivity index (χ0n) is 19.0. The average Bonchev–Trinajstić information content (AvgIpc) is 3.17. The Kier molecular flexibility index (Phi) is 6.76. The van der Waals surface area contributed by atoms with Crippen LogP contribution in [0.4, 0.5) is 0 Å². The summed E-state index contributed by atoms with van der Waals surface area (Å²) in [5.41, 5.74) is 4.22. The van der Waals surface area contributed by atoms with Crippen LogP contribution in [0.3, 0.4) is 0 Å². The summed E-state index contributed by atoms with van der Waals surface area (Å²) >= 11 is 0. The minimum absolute atomic E-state index is 0.0206. The molecule has 0 saturated heterocycles. The first-order chi connectivity index (χ1) is 14.3. The van der Waals surface area contributed by atoms with Crippen molar-refractivity contribution in [1.82, 2.24) is 4.90 Å². The van der Waals surface area contributed by atoms with Crippen molar-refractivity contribution >= 4 is 5.71 Å². The van der Waals surface area contributed by atoms with Crippen molar-refractivity contribution in [2.45, 2.75) is 53.0 Å². The normalized spacial score (nSPS) is 19.1. The van der Waals surface area contributed by atoms with Gasteiger partial charge in [0.1, 0.15) is 0 Å². The predicted octanol–water partition coefficient (Wildman–Crippen LogP) is 5.11. The third-order valence-electron chi connectivity index (χ3n) is 5.84. The Hall–Kier alpha value is -2.47. The van der Waals surface area contributed by atoms with Gasteiger partial charge in [-0.05, 0) is 56.9 Å². The molecule has 6 heteroatoms. The van der Waals surface area contributed by atoms with E-state index in [9.17, 15) is 5.21 Å². The molecule has 1 atom stereocenters. The monoisotopic (exact) mass is 414 g/mol. The Labute approximate surface area is 179 Å². The molecule has 0 saturated carbocycles. The molecule has 0 radical (unpaired) electrons. The Bertz CT molecular complexity index is 866. The maximum Gasteiger partial charge on any atom is 0.231 e. The molecule has 0 bridgehead atoms. The van der Waals surface area contributed by atoms with E-state index in [1.807, 2.05) is 6.08 Å². The van der Waals surface area contributed by atoms with Gasteiger partial charge in [-0.3, -0.25) is 4.90 Å². The molecule has 0 unspecified atom stereocenters. The van der Waals surface area contributed by atoms with Gasteiger partial charge in [0.05, 0.1) is 12.8 Å². The van der Waals surface area contributed by atoms with Crippen LogP contribution in [-0.2, 0) is 6.42 Å². The molecule has 3 rings (SSSR count). The van der Waals surface area contributed by atoms with E-state index in [2.05, 4.69) is 63.0 Å². The minimum atomic E-state index is -0.0206. The highest BCUT2D eigenvalue weighted by molar-refractivity contribution is 5.95. The van der Waals surface area contributed by atoms with Crippen LogP contribution in [-0.4, -0.2) is 43.3 Å². The fourth-order valence-electron chi connectivity index (χ4n) is 3.98. The van der Waals surface area contributed by atoms with Crippen LogP contribution in [0.25, 0.3) is 0 Å². The Morgan fingerprint density at radius 1 is 1.37 bits per heavy atom. The van der Waals surface area contributed by atoms with Gasteiger partial charge in [0.2, 0.25) is 12.5 Å². The summed E-state index contributed by atoms with van der Waals surface area (Å²) in [7, 11) is 3.75. The molecule has 1 N–H and O–H groups in total. The van der Waals surface area contributed by atoms with Crippen molar-refractivity contribution in [2.24, 2.45) is 10.6 Å². The summed E-state index contributed by atoms with van der Waals surface area (Å²) in [6, 6.07) is 2.09. The summed E-state index contributed by atoms with van der Waals surface area (Å²) < 4.78 is 17.0. The first kappa shape index (κ1) is 22.2. The summed E-state index contributed by atoms with van der Waals surface area (Å²) in [6.07, 6.45) is 8.73. The number of fused-ring (bicyclic) bond motifs is 2. The number of hydrogen-bond donors (Lipinski definition) is 1. The second kappa shape index (κ2) is 9.13. The van der Waals surface area contributed by atoms with Crippen molar-refractivity contribution in [3.63, 3.8) is 0 Å². The van der Waals surface area contributed by atoms with Gasteiger partial charge < -0.3 is 19.4 Å². The number of likely N-dealkylation sites (N-methyl/N-ethyl adjacent to an activating group) is 1. The van der Waals surface area contributed by atoms with E-state index in [1.165, 1.54) is 11.1 Å². The first-order valence-corrected chi connectivity index (χ1v) is 10.5. The molecule has 0 aromatic heterocycles. The molecule has 0 fully saturated rings. The Balaban J connectivity index is 1.88. The number of allylic oxidation sites excluding steroid dienone is 4. The lowest BCUT2D eigenvalue weighted by Gasteiger charge is -2.35. The van der Waals surface area contributed by atoms with Crippen LogP contribution in [0, 0.1) is 5.41 Å². The number of methoxy groups -OCH3 is 1. The molecule has 1 aromatic rings. The molecule has 30 heavy (non-hydrogen) atoms. The van der Waals surface area contributed by atoms with E-state index in [-0.39, 0.29) is 18.2 Å². The minimum Gasteiger partial charge on any atom is -0.492 e. The van der Waals surface area contributed by atoms with Gasteiger partial charge in [-0.1, -0.05) is 36.7 Å². The van der Waals surface area contributed by atoms with E-state index in [0.717, 1.165) is 36.4 Å². The van der Waals surface area contributed by atoms with Crippen LogP contribution in [0.2, 0.25) is 0 Å². The molecular formula is C24H34N2O4. The van der Waals surface area contributed by atoms with Crippen LogP contribution in [0.5, 0.6) is 17.2 Å². The summed E-state index contributed by atoms with van der Waals surface area (Å²) in [5.74, 6) is 2.13. The van der Waals surface area contributed by atoms with Gasteiger partial charge in [0.15, 0.2) is 11.5 Å². The Morgan fingerprint density at radius 2 is 2.13 bits per heavy atom. The molecule has 0 spiro atoms. The van der Waals surface area contributed by atoms with Crippen LogP contribution >= 0.6 is 0 Å². The highest BCUT2D eigenvalue weighted by Crippen LogP contribution is 2.50. The third-order valence-corrected chi connectivity index (χ3v) is 5.84. The van der Waals surface area contributed by atoms with E-state index in [4.69, 9.17) is 14.2 Å². The van der Waals surface area contributed by atoms with Gasteiger partial charge in [-0.25, -0.2) is 0 Å². The highest BCUT2D eigenvalue weighted by Gasteiger charge is 2.34. The summed E-state index contributed by atoms with van der Waals surface area (Å²) in [4.78, 5) is 2.28. The second-order valence-corrected chi connectivity index (χ2v) is 9.07. The predicted molar refractivity (Wildman–Crippen MR) is 119 cm³/mol. The quantitative estimate of drug-likeness (QED) is 0.291. The van der Waals surface area contributed by atoms with Crippen LogP contribution in [0.1, 0.15) is 57.7 Å². The van der Waals surface area contributed by atoms with E-state index in [1.54, 1.807) is 7.11 Å². The smallest absolute Gasteiger partial charge is 0.231 e. The number of benzene rings is 1. The molecule has 0 aliphatic carbocycles. The lowest BCUT2D eigenvalue weighted by atomic mass is 9.86. The molecule has 164 valence electrons. The molecule has 6 nitrogen and oxygen atoms in total. The molecule has 0 amide bonds. The van der Waals surface area contributed by atoms with Crippen molar-refractivity contribution in [2.75, 3.05) is 27.5 Å². The van der Waals surface area contributed by atoms with Crippen molar-refractivity contribution in [3.8, 4) is 17.2 Å². The lowest BCUT2D eigenvalue weighted by molar-refractivity contribution is 0.170. The fourth-order valence-corrected chi connectivity index (χ4v) is 3.98. The number of nitrogens with zero attached hydrogens (tertiary/aromatic N) is 2. The maximum atomic E-state index is 9.72. The van der Waals surface area contributed by atoms with Crippen molar-refractivity contribution in [1.29, 1.82) is 0 Å². The standard InChI is InChI=1S/C24H34N2O4/c1-16(2)7-10-24(3,4)11-8-18(25-27)14-19-21-17(9-12-26(19)5)13-20-22(23(21)28-6)30-15-29-20/h7-8,11,13,19,27H,9-10,12,14-15H2,1-6H3/b11-8+,25-18-/t19-/m1/s1. The lowest BCUT2D eigenvalue weighted by Crippen LogP contribution is -2.33. The summed E-state index contributed by atoms with van der Waals surface area (Å²) in [5, 5.41) is 13.3. The zero-order chi connectivity index (χ0) is 21.9. The van der Waals surface area contributed by atoms with Crippen molar-refractivity contribution < 1.29 is 19.4 Å². The largest absolute Gasteiger partial charge is 0.492 e. The number of rotatable bonds is 7. The third kappa shape index (κ3) is 4.81. The fraction of sp³-hybridized carbons (Fsp3) is 0.542. The van der Waals surface area contributed by atoms with Gasteiger partial charge in [-0.2, -0.15) is 0 Å². The van der Waals surface area contributed by atoms with Gasteiger partial charge >= 0.3 is 0 Å². The van der Waals surface area contributed by atoms with E-state index in [0.29, 0.717) is 17.9 Å². The number of hydrogen-bond acceptors (Lipinski definition) is 6.